The van der Waals surface area contributed by atoms with Gasteiger partial charge in [0.25, 0.3) is 0 Å². The summed E-state index contributed by atoms with van der Waals surface area (Å²) in [6.45, 7) is 5.42. The van der Waals surface area contributed by atoms with Crippen molar-refractivity contribution in [2.75, 3.05) is 24.6 Å². The number of anilines is 1. The van der Waals surface area contributed by atoms with E-state index in [2.05, 4.69) is 4.90 Å². The number of hydrogen-bond donors (Lipinski definition) is 2. The molecule has 2 N–H and O–H groups in total. The average molecular weight is 281 g/mol. The van der Waals surface area contributed by atoms with Crippen molar-refractivity contribution >= 4 is 5.69 Å². The van der Waals surface area contributed by atoms with Crippen molar-refractivity contribution in [2.45, 2.75) is 39.2 Å². The van der Waals surface area contributed by atoms with Crippen molar-refractivity contribution in [3.8, 4) is 0 Å². The lowest BCUT2D eigenvalue weighted by atomic mass is 9.93. The molecule has 1 heterocycles. The summed E-state index contributed by atoms with van der Waals surface area (Å²) in [5.41, 5.74) is 2.19. The normalized spacial score (nSPS) is 21.1. The van der Waals surface area contributed by atoms with Gasteiger partial charge in [0.05, 0.1) is 6.10 Å². The Morgan fingerprint density at radius 2 is 2.20 bits per heavy atom. The van der Waals surface area contributed by atoms with Crippen LogP contribution in [0.25, 0.3) is 0 Å². The minimum absolute atomic E-state index is 0.213. The molecule has 4 heteroatoms. The zero-order valence-electron chi connectivity index (χ0n) is 12.3. The van der Waals surface area contributed by atoms with Crippen molar-refractivity contribution in [2.24, 2.45) is 5.92 Å². The first-order valence-electron chi connectivity index (χ1n) is 7.36. The molecule has 1 fully saturated rings. The molecule has 20 heavy (non-hydrogen) atoms. The molecular weight excluding hydrogens is 257 g/mol. The van der Waals surface area contributed by atoms with E-state index in [1.807, 2.05) is 6.07 Å². The Morgan fingerprint density at radius 1 is 1.45 bits per heavy atom. The molecule has 1 aromatic carbocycles. The topological polar surface area (TPSA) is 43.7 Å². The largest absolute Gasteiger partial charge is 0.396 e. The summed E-state index contributed by atoms with van der Waals surface area (Å²) in [5.74, 6) is 0.203. The molecule has 0 spiro atoms. The molecule has 0 amide bonds. The van der Waals surface area contributed by atoms with Gasteiger partial charge in [-0.2, -0.15) is 0 Å². The molecule has 0 aromatic heterocycles. The fourth-order valence-electron chi connectivity index (χ4n) is 2.99. The van der Waals surface area contributed by atoms with Gasteiger partial charge in [0.1, 0.15) is 5.82 Å². The first-order valence-corrected chi connectivity index (χ1v) is 7.36. The van der Waals surface area contributed by atoms with Crippen molar-refractivity contribution < 1.29 is 14.6 Å². The average Bonchev–Trinajstić information content (AvgIpc) is 2.42. The maximum absolute atomic E-state index is 13.7. The molecule has 0 saturated carbocycles. The molecule has 0 bridgehead atoms. The maximum Gasteiger partial charge on any atom is 0.126 e. The second-order valence-electron chi connectivity index (χ2n) is 5.80. The van der Waals surface area contributed by atoms with Gasteiger partial charge in [0, 0.05) is 30.9 Å². The quantitative estimate of drug-likeness (QED) is 0.892. The zero-order chi connectivity index (χ0) is 14.7. The van der Waals surface area contributed by atoms with Crippen LogP contribution in [-0.2, 0) is 0 Å². The Balaban J connectivity index is 2.28. The number of halogens is 1. The Labute approximate surface area is 120 Å². The summed E-state index contributed by atoms with van der Waals surface area (Å²) in [6, 6.07) is 3.28. The van der Waals surface area contributed by atoms with Crippen molar-refractivity contribution in [3.05, 3.63) is 29.1 Å². The summed E-state index contributed by atoms with van der Waals surface area (Å²) in [5, 5.41) is 19.0. The number of aryl methyl sites for hydroxylation is 1. The van der Waals surface area contributed by atoms with E-state index in [0.717, 1.165) is 38.0 Å². The van der Waals surface area contributed by atoms with Gasteiger partial charge < -0.3 is 15.1 Å². The van der Waals surface area contributed by atoms with E-state index in [0.29, 0.717) is 17.0 Å². The van der Waals surface area contributed by atoms with Crippen LogP contribution in [-0.4, -0.2) is 29.9 Å². The van der Waals surface area contributed by atoms with Gasteiger partial charge in [-0.3, -0.25) is 0 Å². The molecule has 0 radical (unpaired) electrons. The zero-order valence-corrected chi connectivity index (χ0v) is 12.3. The van der Waals surface area contributed by atoms with Crippen LogP contribution in [0.4, 0.5) is 10.1 Å². The number of rotatable bonds is 4. The lowest BCUT2D eigenvalue weighted by molar-refractivity contribution is 0.198. The number of nitrogens with zero attached hydrogens (tertiary/aromatic N) is 1. The Morgan fingerprint density at radius 3 is 2.85 bits per heavy atom. The summed E-state index contributed by atoms with van der Waals surface area (Å²) >= 11 is 0. The second kappa shape index (κ2) is 6.55. The standard InChI is InChI=1S/C16H24FNO2/c1-11-8-16(14(12(2)20)9-15(11)17)18-6-3-4-13(10-18)5-7-19/h8-9,12-13,19-20H,3-7,10H2,1-2H3/t12-,13?/m0/s1. The summed E-state index contributed by atoms with van der Waals surface area (Å²) in [6.07, 6.45) is 2.32. The van der Waals surface area contributed by atoms with Gasteiger partial charge in [-0.05, 0) is 56.7 Å². The smallest absolute Gasteiger partial charge is 0.126 e. The van der Waals surface area contributed by atoms with Gasteiger partial charge in [-0.15, -0.1) is 0 Å². The highest BCUT2D eigenvalue weighted by atomic mass is 19.1. The second-order valence-corrected chi connectivity index (χ2v) is 5.80. The Hall–Kier alpha value is -1.13. The van der Waals surface area contributed by atoms with Crippen LogP contribution >= 0.6 is 0 Å². The molecule has 3 nitrogen and oxygen atoms in total. The van der Waals surface area contributed by atoms with Crippen LogP contribution in [0.3, 0.4) is 0 Å². The number of piperidine rings is 1. The van der Waals surface area contributed by atoms with Gasteiger partial charge >= 0.3 is 0 Å². The van der Waals surface area contributed by atoms with E-state index in [4.69, 9.17) is 5.11 Å². The molecule has 0 aliphatic carbocycles. The fraction of sp³-hybridized carbons (Fsp3) is 0.625. The molecule has 112 valence electrons. The molecule has 1 aliphatic rings. The summed E-state index contributed by atoms with van der Waals surface area (Å²) in [7, 11) is 0. The van der Waals surface area contributed by atoms with Crippen molar-refractivity contribution in [1.82, 2.24) is 0 Å². The maximum atomic E-state index is 13.7. The first kappa shape index (κ1) is 15.3. The van der Waals surface area contributed by atoms with Crippen molar-refractivity contribution in [3.63, 3.8) is 0 Å². The molecule has 1 saturated heterocycles. The SMILES string of the molecule is Cc1cc(N2CCCC(CCO)C2)c([C@H](C)O)cc1F. The van der Waals surface area contributed by atoms with Crippen LogP contribution < -0.4 is 4.90 Å². The predicted octanol–water partition coefficient (Wildman–Crippen LogP) is 2.79. The van der Waals surface area contributed by atoms with Gasteiger partial charge in [-0.1, -0.05) is 0 Å². The molecule has 1 aliphatic heterocycles. The van der Waals surface area contributed by atoms with Gasteiger partial charge in [0.2, 0.25) is 0 Å². The van der Waals surface area contributed by atoms with E-state index >= 15 is 0 Å². The third kappa shape index (κ3) is 3.30. The van der Waals surface area contributed by atoms with Crippen LogP contribution in [0.2, 0.25) is 0 Å². The Bertz CT molecular complexity index is 460. The lowest BCUT2D eigenvalue weighted by Crippen LogP contribution is -2.36. The number of benzene rings is 1. The molecule has 2 atom stereocenters. The molecule has 1 unspecified atom stereocenters. The van der Waals surface area contributed by atoms with Gasteiger partial charge in [0.15, 0.2) is 0 Å². The van der Waals surface area contributed by atoms with Crippen LogP contribution in [0.1, 0.15) is 43.4 Å². The van der Waals surface area contributed by atoms with E-state index in [1.54, 1.807) is 13.8 Å². The Kier molecular flexibility index (Phi) is 5.00. The highest BCUT2D eigenvalue weighted by Gasteiger charge is 2.23. The van der Waals surface area contributed by atoms with Crippen LogP contribution in [0, 0.1) is 18.7 Å². The minimum atomic E-state index is -0.682. The van der Waals surface area contributed by atoms with Gasteiger partial charge in [-0.25, -0.2) is 4.39 Å². The van der Waals surface area contributed by atoms with Crippen LogP contribution in [0.15, 0.2) is 12.1 Å². The number of hydrogen-bond acceptors (Lipinski definition) is 3. The fourth-order valence-corrected chi connectivity index (χ4v) is 2.99. The predicted molar refractivity (Wildman–Crippen MR) is 78.4 cm³/mol. The van der Waals surface area contributed by atoms with E-state index < -0.39 is 6.10 Å². The highest BCUT2D eigenvalue weighted by Crippen LogP contribution is 2.32. The first-order chi connectivity index (χ1) is 9.52. The summed E-state index contributed by atoms with van der Waals surface area (Å²) < 4.78 is 13.7. The highest BCUT2D eigenvalue weighted by molar-refractivity contribution is 5.57. The monoisotopic (exact) mass is 281 g/mol. The lowest BCUT2D eigenvalue weighted by Gasteiger charge is -2.36. The number of aliphatic hydroxyl groups excluding tert-OH is 2. The van der Waals surface area contributed by atoms with E-state index in [-0.39, 0.29) is 12.4 Å². The minimum Gasteiger partial charge on any atom is -0.396 e. The summed E-state index contributed by atoms with van der Waals surface area (Å²) in [4.78, 5) is 2.22. The third-order valence-corrected chi connectivity index (χ3v) is 4.16. The van der Waals surface area contributed by atoms with E-state index in [9.17, 15) is 9.50 Å². The van der Waals surface area contributed by atoms with E-state index in [1.165, 1.54) is 6.07 Å². The van der Waals surface area contributed by atoms with Crippen molar-refractivity contribution in [1.29, 1.82) is 0 Å². The molecule has 2 rings (SSSR count). The molecular formula is C16H24FNO2. The molecule has 1 aromatic rings. The number of aliphatic hydroxyl groups is 2. The third-order valence-electron chi connectivity index (χ3n) is 4.16. The van der Waals surface area contributed by atoms with Crippen LogP contribution in [0.5, 0.6) is 0 Å².